The van der Waals surface area contributed by atoms with Gasteiger partial charge in [0.2, 0.25) is 0 Å². The van der Waals surface area contributed by atoms with Gasteiger partial charge in [0.15, 0.2) is 0 Å². The highest BCUT2D eigenvalue weighted by Crippen LogP contribution is 2.23. The van der Waals surface area contributed by atoms with E-state index in [0.717, 1.165) is 18.0 Å². The van der Waals surface area contributed by atoms with Crippen molar-refractivity contribution in [1.82, 2.24) is 15.1 Å². The van der Waals surface area contributed by atoms with Crippen molar-refractivity contribution in [2.24, 2.45) is 5.92 Å². The van der Waals surface area contributed by atoms with Crippen LogP contribution in [0, 0.1) is 5.92 Å². The molecule has 0 aromatic rings. The van der Waals surface area contributed by atoms with E-state index in [9.17, 15) is 0 Å². The predicted octanol–water partition coefficient (Wildman–Crippen LogP) is 1.79. The third-order valence-electron chi connectivity index (χ3n) is 4.84. The Kier molecular flexibility index (Phi) is 5.46. The van der Waals surface area contributed by atoms with Crippen molar-refractivity contribution in [3.05, 3.63) is 0 Å². The average Bonchev–Trinajstić information content (AvgIpc) is 2.70. The summed E-state index contributed by atoms with van der Waals surface area (Å²) < 4.78 is 0. The molecule has 0 spiro atoms. The first-order valence-corrected chi connectivity index (χ1v) is 7.85. The van der Waals surface area contributed by atoms with Crippen LogP contribution in [0.25, 0.3) is 0 Å². The predicted molar refractivity (Wildman–Crippen MR) is 78.0 cm³/mol. The van der Waals surface area contributed by atoms with Gasteiger partial charge < -0.3 is 10.2 Å². The normalized spacial score (nSPS) is 31.3. The molecule has 2 aliphatic rings. The van der Waals surface area contributed by atoms with Crippen LogP contribution in [0.15, 0.2) is 0 Å². The molecule has 3 nitrogen and oxygen atoms in total. The first-order chi connectivity index (χ1) is 8.70. The van der Waals surface area contributed by atoms with Crippen LogP contribution in [0.1, 0.15) is 39.5 Å². The van der Waals surface area contributed by atoms with Gasteiger partial charge in [-0.15, -0.1) is 0 Å². The molecule has 2 atom stereocenters. The molecule has 0 saturated carbocycles. The van der Waals surface area contributed by atoms with Gasteiger partial charge in [-0.3, -0.25) is 4.90 Å². The molecule has 0 amide bonds. The summed E-state index contributed by atoms with van der Waals surface area (Å²) in [6.45, 7) is 11.0. The van der Waals surface area contributed by atoms with Crippen molar-refractivity contribution < 1.29 is 0 Å². The number of piperidine rings is 1. The number of likely N-dealkylation sites (tertiary alicyclic amines) is 1. The average molecular weight is 253 g/mol. The van der Waals surface area contributed by atoms with E-state index in [0.29, 0.717) is 0 Å². The Bertz CT molecular complexity index is 228. The summed E-state index contributed by atoms with van der Waals surface area (Å²) in [5.74, 6) is 0.930. The Labute approximate surface area is 113 Å². The molecule has 3 heteroatoms. The number of likely N-dealkylation sites (N-methyl/N-ethyl adjacent to an activating group) is 1. The number of hydrogen-bond acceptors (Lipinski definition) is 3. The van der Waals surface area contributed by atoms with Crippen LogP contribution in [0.5, 0.6) is 0 Å². The molecular weight excluding hydrogens is 222 g/mol. The lowest BCUT2D eigenvalue weighted by atomic mass is 9.96. The smallest absolute Gasteiger partial charge is 0.0238 e. The van der Waals surface area contributed by atoms with Gasteiger partial charge in [-0.1, -0.05) is 6.92 Å². The third-order valence-corrected chi connectivity index (χ3v) is 4.84. The van der Waals surface area contributed by atoms with Crippen molar-refractivity contribution >= 4 is 0 Å². The van der Waals surface area contributed by atoms with Crippen LogP contribution in [0.3, 0.4) is 0 Å². The fourth-order valence-corrected chi connectivity index (χ4v) is 3.53. The summed E-state index contributed by atoms with van der Waals surface area (Å²) in [6.07, 6.45) is 5.40. The molecule has 2 heterocycles. The van der Waals surface area contributed by atoms with Crippen LogP contribution >= 0.6 is 0 Å². The standard InChI is InChI=1S/C15H31N3/c1-4-9-18(11-14-5-7-16-8-6-14)15-10-13(2)17(3)12-15/h13-16H,4-12H2,1-3H3. The Balaban J connectivity index is 1.86. The molecule has 0 aromatic heterocycles. The third kappa shape index (κ3) is 3.69. The van der Waals surface area contributed by atoms with Gasteiger partial charge in [-0.25, -0.2) is 0 Å². The first-order valence-electron chi connectivity index (χ1n) is 7.85. The molecule has 0 aromatic carbocycles. The van der Waals surface area contributed by atoms with E-state index in [2.05, 4.69) is 36.0 Å². The molecule has 106 valence electrons. The molecule has 1 N–H and O–H groups in total. The van der Waals surface area contributed by atoms with Crippen molar-refractivity contribution in [2.45, 2.75) is 51.6 Å². The molecule has 0 bridgehead atoms. The van der Waals surface area contributed by atoms with Gasteiger partial charge in [-0.05, 0) is 65.2 Å². The summed E-state index contributed by atoms with van der Waals surface area (Å²) in [6, 6.07) is 1.57. The molecular formula is C15H31N3. The van der Waals surface area contributed by atoms with Gasteiger partial charge in [0.1, 0.15) is 0 Å². The molecule has 2 saturated heterocycles. The van der Waals surface area contributed by atoms with Crippen LogP contribution in [0.2, 0.25) is 0 Å². The number of nitrogens with zero attached hydrogens (tertiary/aromatic N) is 2. The highest BCUT2D eigenvalue weighted by Gasteiger charge is 2.31. The van der Waals surface area contributed by atoms with E-state index in [-0.39, 0.29) is 0 Å². The lowest BCUT2D eigenvalue weighted by molar-refractivity contribution is 0.153. The first kappa shape index (κ1) is 14.3. The zero-order valence-electron chi connectivity index (χ0n) is 12.5. The topological polar surface area (TPSA) is 18.5 Å². The van der Waals surface area contributed by atoms with E-state index < -0.39 is 0 Å². The van der Waals surface area contributed by atoms with Crippen LogP contribution in [0.4, 0.5) is 0 Å². The van der Waals surface area contributed by atoms with Gasteiger partial charge in [0.05, 0.1) is 0 Å². The largest absolute Gasteiger partial charge is 0.317 e. The Hall–Kier alpha value is -0.120. The quantitative estimate of drug-likeness (QED) is 0.806. The van der Waals surface area contributed by atoms with Gasteiger partial charge in [-0.2, -0.15) is 0 Å². The summed E-state index contributed by atoms with van der Waals surface area (Å²) in [4.78, 5) is 5.31. The van der Waals surface area contributed by atoms with Gasteiger partial charge in [0, 0.05) is 25.2 Å². The minimum atomic E-state index is 0.766. The fourth-order valence-electron chi connectivity index (χ4n) is 3.53. The molecule has 18 heavy (non-hydrogen) atoms. The van der Waals surface area contributed by atoms with E-state index in [1.165, 1.54) is 58.4 Å². The SMILES string of the molecule is CCCN(CC1CCNCC1)C1CC(C)N(C)C1. The van der Waals surface area contributed by atoms with Gasteiger partial charge in [0.25, 0.3) is 0 Å². The minimum absolute atomic E-state index is 0.766. The molecule has 0 aliphatic carbocycles. The van der Waals surface area contributed by atoms with Crippen molar-refractivity contribution in [1.29, 1.82) is 0 Å². The number of rotatable bonds is 5. The summed E-state index contributed by atoms with van der Waals surface area (Å²) in [7, 11) is 2.28. The zero-order chi connectivity index (χ0) is 13.0. The maximum Gasteiger partial charge on any atom is 0.0238 e. The zero-order valence-corrected chi connectivity index (χ0v) is 12.5. The Morgan fingerprint density at radius 3 is 2.56 bits per heavy atom. The highest BCUT2D eigenvalue weighted by molar-refractivity contribution is 4.88. The van der Waals surface area contributed by atoms with E-state index in [1.54, 1.807) is 0 Å². The molecule has 2 rings (SSSR count). The molecule has 2 fully saturated rings. The summed E-state index contributed by atoms with van der Waals surface area (Å²) in [5, 5.41) is 3.48. The Morgan fingerprint density at radius 1 is 1.28 bits per heavy atom. The summed E-state index contributed by atoms with van der Waals surface area (Å²) >= 11 is 0. The Morgan fingerprint density at radius 2 is 2.00 bits per heavy atom. The number of nitrogens with one attached hydrogen (secondary N) is 1. The van der Waals surface area contributed by atoms with E-state index in [4.69, 9.17) is 0 Å². The van der Waals surface area contributed by atoms with E-state index >= 15 is 0 Å². The van der Waals surface area contributed by atoms with Crippen molar-refractivity contribution in [3.63, 3.8) is 0 Å². The van der Waals surface area contributed by atoms with Crippen molar-refractivity contribution in [2.75, 3.05) is 39.8 Å². The second-order valence-electron chi connectivity index (χ2n) is 6.37. The van der Waals surface area contributed by atoms with Crippen molar-refractivity contribution in [3.8, 4) is 0 Å². The fraction of sp³-hybridized carbons (Fsp3) is 1.00. The maximum atomic E-state index is 3.48. The lowest BCUT2D eigenvalue weighted by Crippen LogP contribution is -2.43. The monoisotopic (exact) mass is 253 g/mol. The molecule has 0 radical (unpaired) electrons. The van der Waals surface area contributed by atoms with Crippen LogP contribution < -0.4 is 5.32 Å². The second kappa shape index (κ2) is 6.88. The second-order valence-corrected chi connectivity index (χ2v) is 6.37. The minimum Gasteiger partial charge on any atom is -0.317 e. The molecule has 2 aliphatic heterocycles. The van der Waals surface area contributed by atoms with E-state index in [1.807, 2.05) is 0 Å². The van der Waals surface area contributed by atoms with Gasteiger partial charge >= 0.3 is 0 Å². The highest BCUT2D eigenvalue weighted by atomic mass is 15.3. The van der Waals surface area contributed by atoms with Crippen LogP contribution in [-0.4, -0.2) is 61.7 Å². The summed E-state index contributed by atoms with van der Waals surface area (Å²) in [5.41, 5.74) is 0. The maximum absolute atomic E-state index is 3.48. The number of hydrogen-bond donors (Lipinski definition) is 1. The lowest BCUT2D eigenvalue weighted by Gasteiger charge is -2.34. The van der Waals surface area contributed by atoms with Crippen LogP contribution in [-0.2, 0) is 0 Å². The molecule has 2 unspecified atom stereocenters.